The molecule has 1 unspecified atom stereocenters. The Morgan fingerprint density at radius 1 is 1.53 bits per heavy atom. The third kappa shape index (κ3) is 2.47. The van der Waals surface area contributed by atoms with Crippen molar-refractivity contribution in [2.24, 2.45) is 5.73 Å². The molecule has 1 fully saturated rings. The summed E-state index contributed by atoms with van der Waals surface area (Å²) in [6.45, 7) is 3.44. The van der Waals surface area contributed by atoms with E-state index < -0.39 is 0 Å². The Morgan fingerprint density at radius 3 is 2.88 bits per heavy atom. The molecule has 4 nitrogen and oxygen atoms in total. The van der Waals surface area contributed by atoms with E-state index in [4.69, 9.17) is 5.73 Å². The number of rotatable bonds is 3. The van der Waals surface area contributed by atoms with Crippen LogP contribution in [0.1, 0.15) is 25.3 Å². The lowest BCUT2D eigenvalue weighted by Gasteiger charge is -2.34. The van der Waals surface area contributed by atoms with Crippen LogP contribution in [0.5, 0.6) is 0 Å². The molecule has 0 spiro atoms. The van der Waals surface area contributed by atoms with Crippen molar-refractivity contribution in [1.82, 2.24) is 9.88 Å². The summed E-state index contributed by atoms with van der Waals surface area (Å²) in [6.07, 6.45) is 5.93. The molecule has 17 heavy (non-hydrogen) atoms. The van der Waals surface area contributed by atoms with Crippen molar-refractivity contribution in [3.63, 3.8) is 0 Å². The van der Waals surface area contributed by atoms with E-state index in [0.29, 0.717) is 13.0 Å². The number of carbonyl (C=O) groups is 1. The summed E-state index contributed by atoms with van der Waals surface area (Å²) in [5.41, 5.74) is 6.65. The average Bonchev–Trinajstić information content (AvgIpc) is 2.73. The predicted octanol–water partition coefficient (Wildman–Crippen LogP) is 0.964. The fourth-order valence-corrected chi connectivity index (χ4v) is 2.43. The molecule has 0 aromatic carbocycles. The molecule has 1 aliphatic rings. The highest BCUT2D eigenvalue weighted by molar-refractivity contribution is 5.79. The number of aromatic nitrogens is 1. The van der Waals surface area contributed by atoms with Gasteiger partial charge < -0.3 is 10.6 Å². The smallest absolute Gasteiger partial charge is 0.227 e. The van der Waals surface area contributed by atoms with E-state index in [2.05, 4.69) is 11.9 Å². The highest BCUT2D eigenvalue weighted by Crippen LogP contribution is 2.28. The predicted molar refractivity (Wildman–Crippen MR) is 66.3 cm³/mol. The van der Waals surface area contributed by atoms with Crippen molar-refractivity contribution >= 4 is 5.91 Å². The Morgan fingerprint density at radius 2 is 2.24 bits per heavy atom. The Labute approximate surface area is 102 Å². The van der Waals surface area contributed by atoms with Gasteiger partial charge in [-0.05, 0) is 37.5 Å². The van der Waals surface area contributed by atoms with Crippen LogP contribution in [-0.4, -0.2) is 34.4 Å². The Balaban J connectivity index is 2.06. The summed E-state index contributed by atoms with van der Waals surface area (Å²) in [6, 6.07) is 3.77. The van der Waals surface area contributed by atoms with Crippen molar-refractivity contribution < 1.29 is 4.79 Å². The van der Waals surface area contributed by atoms with Crippen LogP contribution in [0.15, 0.2) is 24.5 Å². The lowest BCUT2D eigenvalue weighted by Crippen LogP contribution is -2.50. The lowest BCUT2D eigenvalue weighted by molar-refractivity contribution is -0.133. The van der Waals surface area contributed by atoms with Crippen LogP contribution in [0.3, 0.4) is 0 Å². The van der Waals surface area contributed by atoms with Gasteiger partial charge in [0.15, 0.2) is 0 Å². The summed E-state index contributed by atoms with van der Waals surface area (Å²) < 4.78 is 0. The quantitative estimate of drug-likeness (QED) is 0.846. The van der Waals surface area contributed by atoms with Crippen LogP contribution >= 0.6 is 0 Å². The second-order valence-electron chi connectivity index (χ2n) is 4.88. The molecular weight excluding hydrogens is 214 g/mol. The maximum absolute atomic E-state index is 12.2. The first kappa shape index (κ1) is 12.0. The topological polar surface area (TPSA) is 59.2 Å². The van der Waals surface area contributed by atoms with Crippen LogP contribution in [0, 0.1) is 0 Å². The number of pyridine rings is 1. The van der Waals surface area contributed by atoms with Gasteiger partial charge in [-0.15, -0.1) is 0 Å². The number of carbonyl (C=O) groups excluding carboxylic acids is 1. The van der Waals surface area contributed by atoms with Gasteiger partial charge in [0.05, 0.1) is 12.0 Å². The van der Waals surface area contributed by atoms with E-state index >= 15 is 0 Å². The highest BCUT2D eigenvalue weighted by Gasteiger charge is 2.37. The summed E-state index contributed by atoms with van der Waals surface area (Å²) in [5.74, 6) is 0.168. The first-order valence-electron chi connectivity index (χ1n) is 6.05. The van der Waals surface area contributed by atoms with Crippen molar-refractivity contribution in [1.29, 1.82) is 0 Å². The van der Waals surface area contributed by atoms with Gasteiger partial charge in [-0.25, -0.2) is 0 Å². The third-order valence-electron chi connectivity index (χ3n) is 3.59. The maximum atomic E-state index is 12.2. The summed E-state index contributed by atoms with van der Waals surface area (Å²) in [7, 11) is 0. The molecule has 92 valence electrons. The van der Waals surface area contributed by atoms with Gasteiger partial charge >= 0.3 is 0 Å². The third-order valence-corrected chi connectivity index (χ3v) is 3.59. The van der Waals surface area contributed by atoms with Crippen LogP contribution < -0.4 is 5.73 Å². The van der Waals surface area contributed by atoms with Gasteiger partial charge in [0.1, 0.15) is 0 Å². The number of likely N-dealkylation sites (tertiary alicyclic amines) is 1. The van der Waals surface area contributed by atoms with E-state index in [1.165, 1.54) is 0 Å². The molecular formula is C13H19N3O. The van der Waals surface area contributed by atoms with E-state index in [1.54, 1.807) is 12.4 Å². The molecule has 1 aliphatic heterocycles. The fraction of sp³-hybridized carbons (Fsp3) is 0.538. The molecule has 1 aromatic heterocycles. The number of hydrogen-bond donors (Lipinski definition) is 1. The second kappa shape index (κ2) is 4.84. The molecule has 1 aromatic rings. The molecule has 4 heteroatoms. The zero-order valence-corrected chi connectivity index (χ0v) is 10.2. The van der Waals surface area contributed by atoms with E-state index in [9.17, 15) is 4.79 Å². The van der Waals surface area contributed by atoms with Gasteiger partial charge in [-0.1, -0.05) is 0 Å². The molecule has 0 aliphatic carbocycles. The molecule has 2 N–H and O–H groups in total. The SMILES string of the molecule is CC1(CN)CCCN1C(=O)Cc1ccncc1. The van der Waals surface area contributed by atoms with Gasteiger partial charge in [0, 0.05) is 25.5 Å². The first-order chi connectivity index (χ1) is 8.15. The first-order valence-corrected chi connectivity index (χ1v) is 6.05. The minimum absolute atomic E-state index is 0.149. The minimum Gasteiger partial charge on any atom is -0.336 e. The van der Waals surface area contributed by atoms with E-state index in [-0.39, 0.29) is 11.4 Å². The summed E-state index contributed by atoms with van der Waals surface area (Å²) >= 11 is 0. The Kier molecular flexibility index (Phi) is 3.43. The van der Waals surface area contributed by atoms with E-state index in [1.807, 2.05) is 17.0 Å². The number of nitrogens with zero attached hydrogens (tertiary/aromatic N) is 2. The number of nitrogens with two attached hydrogens (primary N) is 1. The second-order valence-corrected chi connectivity index (χ2v) is 4.88. The largest absolute Gasteiger partial charge is 0.336 e. The van der Waals surface area contributed by atoms with Crippen LogP contribution in [-0.2, 0) is 11.2 Å². The van der Waals surface area contributed by atoms with Gasteiger partial charge in [0.25, 0.3) is 0 Å². The van der Waals surface area contributed by atoms with Gasteiger partial charge in [-0.3, -0.25) is 9.78 Å². The molecule has 2 heterocycles. The van der Waals surface area contributed by atoms with E-state index in [0.717, 1.165) is 24.9 Å². The number of amides is 1. The maximum Gasteiger partial charge on any atom is 0.227 e. The van der Waals surface area contributed by atoms with Crippen molar-refractivity contribution in [3.05, 3.63) is 30.1 Å². The zero-order chi connectivity index (χ0) is 12.3. The monoisotopic (exact) mass is 233 g/mol. The normalized spacial score (nSPS) is 24.0. The van der Waals surface area contributed by atoms with Gasteiger partial charge in [0.2, 0.25) is 5.91 Å². The van der Waals surface area contributed by atoms with Crippen LogP contribution in [0.4, 0.5) is 0 Å². The molecule has 2 rings (SSSR count). The van der Waals surface area contributed by atoms with Crippen molar-refractivity contribution in [2.75, 3.05) is 13.1 Å². The molecule has 0 saturated carbocycles. The molecule has 1 amide bonds. The van der Waals surface area contributed by atoms with Crippen LogP contribution in [0.25, 0.3) is 0 Å². The molecule has 1 saturated heterocycles. The Bertz CT molecular complexity index is 393. The van der Waals surface area contributed by atoms with Crippen molar-refractivity contribution in [3.8, 4) is 0 Å². The van der Waals surface area contributed by atoms with Crippen LogP contribution in [0.2, 0.25) is 0 Å². The standard InChI is InChI=1S/C13H19N3O/c1-13(10-14)5-2-8-16(13)12(17)9-11-3-6-15-7-4-11/h3-4,6-7H,2,5,8-10,14H2,1H3. The summed E-state index contributed by atoms with van der Waals surface area (Å²) in [5, 5.41) is 0. The molecule has 0 radical (unpaired) electrons. The summed E-state index contributed by atoms with van der Waals surface area (Å²) in [4.78, 5) is 18.1. The zero-order valence-electron chi connectivity index (χ0n) is 10.2. The number of hydrogen-bond acceptors (Lipinski definition) is 3. The van der Waals surface area contributed by atoms with Gasteiger partial charge in [-0.2, -0.15) is 0 Å². The fourth-order valence-electron chi connectivity index (χ4n) is 2.43. The highest BCUT2D eigenvalue weighted by atomic mass is 16.2. The minimum atomic E-state index is -0.149. The molecule has 1 atom stereocenters. The molecule has 0 bridgehead atoms. The Hall–Kier alpha value is -1.42. The van der Waals surface area contributed by atoms with Crippen molar-refractivity contribution in [2.45, 2.75) is 31.7 Å². The average molecular weight is 233 g/mol. The lowest BCUT2D eigenvalue weighted by atomic mass is 9.98.